The van der Waals surface area contributed by atoms with E-state index in [1.165, 1.54) is 13.2 Å². The van der Waals surface area contributed by atoms with Crippen LogP contribution < -0.4 is 9.64 Å². The lowest BCUT2D eigenvalue weighted by Crippen LogP contribution is -2.48. The summed E-state index contributed by atoms with van der Waals surface area (Å²) in [6.45, 7) is 2.06. The lowest BCUT2D eigenvalue weighted by Gasteiger charge is -2.32. The first-order valence-electron chi connectivity index (χ1n) is 6.24. The Bertz CT molecular complexity index is 560. The van der Waals surface area contributed by atoms with Crippen LogP contribution in [0.5, 0.6) is 5.75 Å². The highest BCUT2D eigenvalue weighted by Gasteiger charge is 2.46. The van der Waals surface area contributed by atoms with Crippen molar-refractivity contribution in [2.45, 2.75) is 25.3 Å². The number of carboxylic acids is 1. The van der Waals surface area contributed by atoms with Crippen LogP contribution in [0.3, 0.4) is 0 Å². The van der Waals surface area contributed by atoms with E-state index >= 15 is 0 Å². The monoisotopic (exact) mass is 280 g/mol. The molecule has 20 heavy (non-hydrogen) atoms. The van der Waals surface area contributed by atoms with Gasteiger partial charge >= 0.3 is 11.7 Å². The second-order valence-electron chi connectivity index (χ2n) is 4.92. The number of anilines is 1. The molecule has 0 aromatic heterocycles. The molecule has 1 atom stereocenters. The third-order valence-electron chi connectivity index (χ3n) is 3.77. The number of ether oxygens (including phenoxy) is 1. The Kier molecular flexibility index (Phi) is 3.52. The summed E-state index contributed by atoms with van der Waals surface area (Å²) in [7, 11) is 1.35. The van der Waals surface area contributed by atoms with Crippen LogP contribution in [0.25, 0.3) is 0 Å². The van der Waals surface area contributed by atoms with Gasteiger partial charge in [0.15, 0.2) is 5.75 Å². The minimum atomic E-state index is -1.13. The fraction of sp³-hybridized carbons (Fsp3) is 0.462. The van der Waals surface area contributed by atoms with E-state index in [1.54, 1.807) is 24.0 Å². The van der Waals surface area contributed by atoms with E-state index in [-0.39, 0.29) is 17.1 Å². The number of nitro groups is 1. The van der Waals surface area contributed by atoms with E-state index in [0.29, 0.717) is 19.4 Å². The number of carbonyl (C=O) groups is 1. The van der Waals surface area contributed by atoms with E-state index in [2.05, 4.69) is 0 Å². The van der Waals surface area contributed by atoms with Crippen LogP contribution in [0.1, 0.15) is 19.8 Å². The molecule has 1 aromatic rings. The van der Waals surface area contributed by atoms with Crippen LogP contribution in [-0.4, -0.2) is 35.2 Å². The molecule has 0 aliphatic carbocycles. The zero-order valence-corrected chi connectivity index (χ0v) is 11.3. The van der Waals surface area contributed by atoms with Crippen LogP contribution in [0.15, 0.2) is 18.2 Å². The largest absolute Gasteiger partial charge is 0.490 e. The van der Waals surface area contributed by atoms with E-state index in [9.17, 15) is 20.0 Å². The quantitative estimate of drug-likeness (QED) is 0.670. The van der Waals surface area contributed by atoms with Crippen molar-refractivity contribution in [2.24, 2.45) is 0 Å². The molecule has 1 unspecified atom stereocenters. The molecule has 108 valence electrons. The first-order valence-corrected chi connectivity index (χ1v) is 6.24. The van der Waals surface area contributed by atoms with Gasteiger partial charge in [0, 0.05) is 6.54 Å². The van der Waals surface area contributed by atoms with Crippen molar-refractivity contribution in [2.75, 3.05) is 18.6 Å². The molecule has 7 nitrogen and oxygen atoms in total. The molecule has 1 saturated heterocycles. The number of hydrogen-bond acceptors (Lipinski definition) is 5. The fourth-order valence-corrected chi connectivity index (χ4v) is 2.65. The summed E-state index contributed by atoms with van der Waals surface area (Å²) >= 11 is 0. The first-order chi connectivity index (χ1) is 9.41. The molecule has 1 fully saturated rings. The maximum absolute atomic E-state index is 11.5. The topological polar surface area (TPSA) is 92.9 Å². The normalized spacial score (nSPS) is 21.8. The number of aliphatic carboxylic acids is 1. The molecule has 2 rings (SSSR count). The van der Waals surface area contributed by atoms with Crippen molar-refractivity contribution in [3.05, 3.63) is 28.3 Å². The van der Waals surface area contributed by atoms with E-state index in [1.807, 2.05) is 0 Å². The third kappa shape index (κ3) is 2.04. The van der Waals surface area contributed by atoms with E-state index in [0.717, 1.165) is 0 Å². The Morgan fingerprint density at radius 2 is 2.25 bits per heavy atom. The van der Waals surface area contributed by atoms with Crippen molar-refractivity contribution in [3.63, 3.8) is 0 Å². The number of benzene rings is 1. The molecule has 0 bridgehead atoms. The predicted octanol–water partition coefficient (Wildman–Crippen LogP) is 2.05. The second kappa shape index (κ2) is 4.99. The van der Waals surface area contributed by atoms with Gasteiger partial charge in [-0.1, -0.05) is 6.07 Å². The Morgan fingerprint density at radius 1 is 1.55 bits per heavy atom. The van der Waals surface area contributed by atoms with Gasteiger partial charge in [-0.3, -0.25) is 10.1 Å². The molecule has 0 spiro atoms. The SMILES string of the molecule is COc1cccc(N2CCCC2(C)C(=O)O)c1[N+](=O)[O-]. The average molecular weight is 280 g/mol. The van der Waals surface area contributed by atoms with Crippen LogP contribution in [0.2, 0.25) is 0 Å². The molecule has 1 heterocycles. The number of para-hydroxylation sites is 1. The van der Waals surface area contributed by atoms with Crippen LogP contribution >= 0.6 is 0 Å². The first kappa shape index (κ1) is 14.1. The molecule has 1 N–H and O–H groups in total. The van der Waals surface area contributed by atoms with E-state index in [4.69, 9.17) is 4.74 Å². The molecule has 1 aliphatic heterocycles. The molecule has 7 heteroatoms. The summed E-state index contributed by atoms with van der Waals surface area (Å²) < 4.78 is 5.02. The van der Waals surface area contributed by atoms with Gasteiger partial charge in [0.25, 0.3) is 0 Å². The van der Waals surface area contributed by atoms with E-state index < -0.39 is 16.4 Å². The number of nitrogens with zero attached hydrogens (tertiary/aromatic N) is 2. The maximum Gasteiger partial charge on any atom is 0.333 e. The standard InChI is InChI=1S/C13H16N2O5/c1-13(12(16)17)7-4-8-14(13)9-5-3-6-10(20-2)11(9)15(18)19/h3,5-6H,4,7-8H2,1-2H3,(H,16,17). The number of rotatable bonds is 4. The van der Waals surface area contributed by atoms with Crippen LogP contribution in [0.4, 0.5) is 11.4 Å². The summed E-state index contributed by atoms with van der Waals surface area (Å²) in [5.74, 6) is -0.848. The number of hydrogen-bond donors (Lipinski definition) is 1. The maximum atomic E-state index is 11.5. The summed E-state index contributed by atoms with van der Waals surface area (Å²) in [6.07, 6.45) is 1.13. The fourth-order valence-electron chi connectivity index (χ4n) is 2.65. The van der Waals surface area contributed by atoms with Crippen LogP contribution in [-0.2, 0) is 4.79 Å². The molecular formula is C13H16N2O5. The molecule has 1 aliphatic rings. The Hall–Kier alpha value is -2.31. The van der Waals surface area contributed by atoms with Crippen LogP contribution in [0, 0.1) is 10.1 Å². The Labute approximate surface area is 115 Å². The highest BCUT2D eigenvalue weighted by Crippen LogP contribution is 2.43. The lowest BCUT2D eigenvalue weighted by atomic mass is 9.98. The smallest absolute Gasteiger partial charge is 0.333 e. The summed E-state index contributed by atoms with van der Waals surface area (Å²) in [5.41, 5.74) is -1.03. The second-order valence-corrected chi connectivity index (χ2v) is 4.92. The molecule has 1 aromatic carbocycles. The summed E-state index contributed by atoms with van der Waals surface area (Å²) in [4.78, 5) is 23.8. The highest BCUT2D eigenvalue weighted by atomic mass is 16.6. The molecule has 0 amide bonds. The zero-order valence-electron chi connectivity index (χ0n) is 11.3. The highest BCUT2D eigenvalue weighted by molar-refractivity contribution is 5.86. The minimum absolute atomic E-state index is 0.132. The third-order valence-corrected chi connectivity index (χ3v) is 3.77. The van der Waals surface area contributed by atoms with Gasteiger partial charge in [0.2, 0.25) is 0 Å². The number of carboxylic acid groups (broad SMARTS) is 1. The van der Waals surface area contributed by atoms with Crippen molar-refractivity contribution < 1.29 is 19.6 Å². The number of methoxy groups -OCH3 is 1. The van der Waals surface area contributed by atoms with Gasteiger partial charge in [-0.05, 0) is 31.9 Å². The predicted molar refractivity (Wildman–Crippen MR) is 72.3 cm³/mol. The van der Waals surface area contributed by atoms with Crippen molar-refractivity contribution >= 4 is 17.3 Å². The van der Waals surface area contributed by atoms with Gasteiger partial charge in [-0.25, -0.2) is 4.79 Å². The van der Waals surface area contributed by atoms with Crippen molar-refractivity contribution in [1.29, 1.82) is 0 Å². The van der Waals surface area contributed by atoms with Gasteiger partial charge in [-0.15, -0.1) is 0 Å². The average Bonchev–Trinajstić information content (AvgIpc) is 2.81. The summed E-state index contributed by atoms with van der Waals surface area (Å²) in [6, 6.07) is 4.69. The molecule has 0 radical (unpaired) electrons. The van der Waals surface area contributed by atoms with Gasteiger partial charge in [0.05, 0.1) is 12.0 Å². The Morgan fingerprint density at radius 3 is 2.80 bits per heavy atom. The number of nitro benzene ring substituents is 1. The summed E-state index contributed by atoms with van der Waals surface area (Å²) in [5, 5.41) is 20.7. The Balaban J connectivity index is 2.58. The van der Waals surface area contributed by atoms with Gasteiger partial charge in [0.1, 0.15) is 11.2 Å². The van der Waals surface area contributed by atoms with Crippen molar-refractivity contribution in [3.8, 4) is 5.75 Å². The lowest BCUT2D eigenvalue weighted by molar-refractivity contribution is -0.385. The van der Waals surface area contributed by atoms with Gasteiger partial charge < -0.3 is 14.7 Å². The van der Waals surface area contributed by atoms with Crippen molar-refractivity contribution in [1.82, 2.24) is 0 Å². The van der Waals surface area contributed by atoms with Gasteiger partial charge in [-0.2, -0.15) is 0 Å². The zero-order chi connectivity index (χ0) is 14.9. The minimum Gasteiger partial charge on any atom is -0.490 e. The molecule has 0 saturated carbocycles. The molecular weight excluding hydrogens is 264 g/mol.